The third-order valence-electron chi connectivity index (χ3n) is 5.57. The van der Waals surface area contributed by atoms with Crippen LogP contribution in [0.2, 0.25) is 0 Å². The zero-order valence-electron chi connectivity index (χ0n) is 19.5. The third-order valence-corrected chi connectivity index (χ3v) is 5.57. The maximum Gasteiger partial charge on any atom is 0.573 e. The Balaban J connectivity index is 1.51. The molecule has 0 aliphatic rings. The smallest absolute Gasteiger partial charge is 0.406 e. The van der Waals surface area contributed by atoms with Crippen LogP contribution in [0.4, 0.5) is 22.0 Å². The summed E-state index contributed by atoms with van der Waals surface area (Å²) < 4.78 is 71.1. The third kappa shape index (κ3) is 5.03. The topological polar surface area (TPSA) is 79.8 Å². The van der Waals surface area contributed by atoms with Gasteiger partial charge in [0.05, 0.1) is 29.5 Å². The molecular formula is C25H17F5N6O2. The van der Waals surface area contributed by atoms with E-state index in [-0.39, 0.29) is 17.1 Å². The molecule has 5 rings (SSSR count). The Kier molecular flexibility index (Phi) is 6.27. The first-order chi connectivity index (χ1) is 18.1. The van der Waals surface area contributed by atoms with Crippen molar-refractivity contribution in [3.63, 3.8) is 0 Å². The number of halogens is 5. The van der Waals surface area contributed by atoms with Crippen LogP contribution < -0.4 is 10.2 Å². The van der Waals surface area contributed by atoms with E-state index in [1.54, 1.807) is 25.1 Å². The Bertz CT molecular complexity index is 1670. The summed E-state index contributed by atoms with van der Waals surface area (Å²) in [7, 11) is 0. The van der Waals surface area contributed by atoms with Gasteiger partial charge < -0.3 is 4.74 Å². The molecule has 0 bridgehead atoms. The molecule has 0 N–H and O–H groups in total. The molecule has 38 heavy (non-hydrogen) atoms. The predicted octanol–water partition coefficient (Wildman–Crippen LogP) is 5.55. The van der Waals surface area contributed by atoms with E-state index >= 15 is 0 Å². The molecule has 0 fully saturated rings. The highest BCUT2D eigenvalue weighted by atomic mass is 19.4. The number of aromatic nitrogens is 6. The highest BCUT2D eigenvalue weighted by Crippen LogP contribution is 2.28. The average molecular weight is 528 g/mol. The first kappa shape index (κ1) is 24.9. The predicted molar refractivity (Wildman–Crippen MR) is 126 cm³/mol. The number of hydrogen-bond acceptors (Lipinski definition) is 5. The summed E-state index contributed by atoms with van der Waals surface area (Å²) in [4.78, 5) is 12.8. The van der Waals surface area contributed by atoms with Crippen molar-refractivity contribution in [2.45, 2.75) is 19.8 Å². The van der Waals surface area contributed by atoms with Gasteiger partial charge in [0.2, 0.25) is 5.43 Å². The zero-order valence-corrected chi connectivity index (χ0v) is 19.5. The van der Waals surface area contributed by atoms with E-state index in [4.69, 9.17) is 0 Å². The number of nitrogens with zero attached hydrogens (tertiary/aromatic N) is 6. The van der Waals surface area contributed by atoms with Crippen LogP contribution in [0, 0.1) is 6.92 Å². The Morgan fingerprint density at radius 3 is 2.50 bits per heavy atom. The molecule has 0 atom stereocenters. The quantitative estimate of drug-likeness (QED) is 0.270. The standard InChI is InChI=1S/C25H17F5N6O2/c1-15-11-16(17-13-32-35(14-17)24(26)27)5-6-20(15)34-10-8-22(37)23(33-34)21-7-9-31-36(21)18-3-2-4-19(12-18)38-25(28,29)30/h2-14,24H,1H3. The second-order valence-electron chi connectivity index (χ2n) is 8.13. The van der Waals surface area contributed by atoms with Crippen LogP contribution in [-0.4, -0.2) is 35.7 Å². The van der Waals surface area contributed by atoms with E-state index < -0.39 is 24.1 Å². The molecule has 13 heteroatoms. The summed E-state index contributed by atoms with van der Waals surface area (Å²) in [5, 5.41) is 12.3. The fourth-order valence-electron chi connectivity index (χ4n) is 3.91. The summed E-state index contributed by atoms with van der Waals surface area (Å²) in [6, 6.07) is 13.2. The van der Waals surface area contributed by atoms with Crippen molar-refractivity contribution in [2.24, 2.45) is 0 Å². The fraction of sp³-hybridized carbons (Fsp3) is 0.120. The van der Waals surface area contributed by atoms with Gasteiger partial charge in [-0.25, -0.2) is 14.0 Å². The molecule has 0 amide bonds. The molecule has 0 saturated carbocycles. The van der Waals surface area contributed by atoms with Gasteiger partial charge in [0.15, 0.2) is 5.69 Å². The zero-order chi connectivity index (χ0) is 27.0. The lowest BCUT2D eigenvalue weighted by Crippen LogP contribution is -2.17. The molecule has 194 valence electrons. The number of rotatable bonds is 6. The van der Waals surface area contributed by atoms with E-state index in [0.717, 1.165) is 17.7 Å². The van der Waals surface area contributed by atoms with E-state index in [0.29, 0.717) is 21.5 Å². The Morgan fingerprint density at radius 1 is 0.974 bits per heavy atom. The van der Waals surface area contributed by atoms with Crippen molar-refractivity contribution in [3.8, 4) is 39.6 Å². The number of aryl methyl sites for hydroxylation is 1. The Hall–Kier alpha value is -4.81. The van der Waals surface area contributed by atoms with Gasteiger partial charge in [-0.05, 0) is 48.4 Å². The second kappa shape index (κ2) is 9.57. The lowest BCUT2D eigenvalue weighted by atomic mass is 10.1. The van der Waals surface area contributed by atoms with E-state index in [1.807, 2.05) is 0 Å². The largest absolute Gasteiger partial charge is 0.573 e. The van der Waals surface area contributed by atoms with Crippen LogP contribution in [0.15, 0.2) is 84.2 Å². The van der Waals surface area contributed by atoms with Crippen molar-refractivity contribution >= 4 is 0 Å². The molecule has 0 aliphatic carbocycles. The van der Waals surface area contributed by atoms with Gasteiger partial charge in [-0.2, -0.15) is 24.1 Å². The van der Waals surface area contributed by atoms with Crippen LogP contribution in [0.3, 0.4) is 0 Å². The number of ether oxygens (including phenoxy) is 1. The Morgan fingerprint density at radius 2 is 1.79 bits per heavy atom. The summed E-state index contributed by atoms with van der Waals surface area (Å²) >= 11 is 0. The molecule has 3 heterocycles. The lowest BCUT2D eigenvalue weighted by molar-refractivity contribution is -0.274. The van der Waals surface area contributed by atoms with Gasteiger partial charge in [-0.15, -0.1) is 13.2 Å². The Labute approximate surface area is 211 Å². The van der Waals surface area contributed by atoms with E-state index in [1.165, 1.54) is 58.4 Å². The van der Waals surface area contributed by atoms with Crippen LogP contribution in [0.5, 0.6) is 5.75 Å². The van der Waals surface area contributed by atoms with Crippen LogP contribution in [0.1, 0.15) is 12.1 Å². The lowest BCUT2D eigenvalue weighted by Gasteiger charge is -2.13. The van der Waals surface area contributed by atoms with Gasteiger partial charge in [-0.3, -0.25) is 4.79 Å². The SMILES string of the molecule is Cc1cc(-c2cnn(C(F)F)c2)ccc1-n1ccc(=O)c(-c2ccnn2-c2cccc(OC(F)(F)F)c2)n1. The van der Waals surface area contributed by atoms with Gasteiger partial charge in [-0.1, -0.05) is 12.1 Å². The normalized spacial score (nSPS) is 11.8. The number of hydrogen-bond donors (Lipinski definition) is 0. The molecule has 0 saturated heterocycles. The monoisotopic (exact) mass is 528 g/mol. The molecule has 5 aromatic rings. The van der Waals surface area contributed by atoms with Crippen molar-refractivity contribution in [3.05, 3.63) is 95.2 Å². The molecule has 0 unspecified atom stereocenters. The fourth-order valence-corrected chi connectivity index (χ4v) is 3.91. The summed E-state index contributed by atoms with van der Waals surface area (Å²) in [6.45, 7) is -0.951. The van der Waals surface area contributed by atoms with Crippen LogP contribution in [0.25, 0.3) is 33.9 Å². The van der Waals surface area contributed by atoms with Gasteiger partial charge in [0.1, 0.15) is 5.75 Å². The molecule has 3 aromatic heterocycles. The molecule has 8 nitrogen and oxygen atoms in total. The van der Waals surface area contributed by atoms with Crippen molar-refractivity contribution in [1.29, 1.82) is 0 Å². The number of alkyl halides is 5. The van der Waals surface area contributed by atoms with Crippen molar-refractivity contribution < 1.29 is 26.7 Å². The second-order valence-corrected chi connectivity index (χ2v) is 8.13. The highest BCUT2D eigenvalue weighted by Gasteiger charge is 2.31. The average Bonchev–Trinajstić information content (AvgIpc) is 3.54. The van der Waals surface area contributed by atoms with Crippen molar-refractivity contribution in [1.82, 2.24) is 29.3 Å². The highest BCUT2D eigenvalue weighted by molar-refractivity contribution is 5.65. The van der Waals surface area contributed by atoms with Gasteiger partial charge in [0, 0.05) is 30.1 Å². The van der Waals surface area contributed by atoms with E-state index in [9.17, 15) is 26.7 Å². The summed E-state index contributed by atoms with van der Waals surface area (Å²) in [5.74, 6) is -0.440. The molecule has 0 radical (unpaired) electrons. The minimum atomic E-state index is -4.86. The van der Waals surface area contributed by atoms with E-state index in [2.05, 4.69) is 20.0 Å². The first-order valence-corrected chi connectivity index (χ1v) is 11.0. The summed E-state index contributed by atoms with van der Waals surface area (Å²) in [6.07, 6.45) is 0.583. The van der Waals surface area contributed by atoms with Crippen LogP contribution >= 0.6 is 0 Å². The van der Waals surface area contributed by atoms with Gasteiger partial charge in [0.25, 0.3) is 0 Å². The maximum atomic E-state index is 12.9. The van der Waals surface area contributed by atoms with Crippen LogP contribution in [-0.2, 0) is 0 Å². The minimum absolute atomic E-state index is 0.00818. The summed E-state index contributed by atoms with van der Waals surface area (Å²) in [5.41, 5.74) is 2.58. The minimum Gasteiger partial charge on any atom is -0.406 e. The molecular weight excluding hydrogens is 511 g/mol. The number of benzene rings is 2. The first-order valence-electron chi connectivity index (χ1n) is 11.0. The molecule has 0 aliphatic heterocycles. The maximum absolute atomic E-state index is 12.9. The van der Waals surface area contributed by atoms with Crippen molar-refractivity contribution in [2.75, 3.05) is 0 Å². The van der Waals surface area contributed by atoms with Gasteiger partial charge >= 0.3 is 12.9 Å². The molecule has 0 spiro atoms. The molecule has 2 aromatic carbocycles.